The molecule has 2 aromatic carbocycles. The van der Waals surface area contributed by atoms with Crippen LogP contribution < -0.4 is 14.2 Å². The number of benzene rings is 2. The van der Waals surface area contributed by atoms with Crippen LogP contribution in [0, 0.1) is 11.6 Å². The SMILES string of the molecule is COc1c(Oc2ccc(C3CCC3)c(F)c2C(=O)O)ccc(OC(F)(F)F)c1F. The van der Waals surface area contributed by atoms with Gasteiger partial charge in [0.1, 0.15) is 17.1 Å². The second-order valence-corrected chi connectivity index (χ2v) is 6.33. The lowest BCUT2D eigenvalue weighted by Gasteiger charge is -2.27. The van der Waals surface area contributed by atoms with Crippen LogP contribution in [0.15, 0.2) is 24.3 Å². The highest BCUT2D eigenvalue weighted by atomic mass is 19.4. The Bertz CT molecular complexity index is 938. The van der Waals surface area contributed by atoms with Crippen LogP contribution in [0.5, 0.6) is 23.0 Å². The van der Waals surface area contributed by atoms with E-state index in [-0.39, 0.29) is 11.5 Å². The van der Waals surface area contributed by atoms with Gasteiger partial charge in [-0.25, -0.2) is 9.18 Å². The van der Waals surface area contributed by atoms with Gasteiger partial charge in [-0.2, -0.15) is 4.39 Å². The highest BCUT2D eigenvalue weighted by molar-refractivity contribution is 5.91. The summed E-state index contributed by atoms with van der Waals surface area (Å²) in [6.07, 6.45) is -2.76. The Morgan fingerprint density at radius 3 is 2.17 bits per heavy atom. The molecule has 0 aromatic heterocycles. The molecule has 0 radical (unpaired) electrons. The summed E-state index contributed by atoms with van der Waals surface area (Å²) in [5.74, 6) is -6.97. The molecule has 1 saturated carbocycles. The summed E-state index contributed by atoms with van der Waals surface area (Å²) in [6, 6.07) is 4.13. The summed E-state index contributed by atoms with van der Waals surface area (Å²) in [5, 5.41) is 9.40. The minimum atomic E-state index is -5.13. The minimum absolute atomic E-state index is 0.0899. The average molecular weight is 418 g/mol. The lowest BCUT2D eigenvalue weighted by molar-refractivity contribution is -0.275. The third kappa shape index (κ3) is 4.20. The fourth-order valence-electron chi connectivity index (χ4n) is 3.01. The van der Waals surface area contributed by atoms with Crippen LogP contribution in [0.2, 0.25) is 0 Å². The van der Waals surface area contributed by atoms with Crippen LogP contribution in [-0.2, 0) is 0 Å². The van der Waals surface area contributed by atoms with Gasteiger partial charge < -0.3 is 19.3 Å². The number of carboxylic acids is 1. The zero-order valence-electron chi connectivity index (χ0n) is 15.0. The molecule has 1 fully saturated rings. The van der Waals surface area contributed by atoms with E-state index >= 15 is 0 Å². The Hall–Kier alpha value is -3.04. The number of rotatable bonds is 6. The highest BCUT2D eigenvalue weighted by Crippen LogP contribution is 2.43. The number of methoxy groups -OCH3 is 1. The third-order valence-corrected chi connectivity index (χ3v) is 4.57. The van der Waals surface area contributed by atoms with Crippen molar-refractivity contribution in [1.82, 2.24) is 0 Å². The maximum Gasteiger partial charge on any atom is 0.573 e. The fraction of sp³-hybridized carbons (Fsp3) is 0.316. The number of hydrogen-bond donors (Lipinski definition) is 1. The summed E-state index contributed by atoms with van der Waals surface area (Å²) >= 11 is 0. The van der Waals surface area contributed by atoms with Gasteiger partial charge in [0.2, 0.25) is 11.6 Å². The van der Waals surface area contributed by atoms with Crippen molar-refractivity contribution >= 4 is 5.97 Å². The largest absolute Gasteiger partial charge is 0.573 e. The first-order valence-electron chi connectivity index (χ1n) is 8.48. The molecule has 0 unspecified atom stereocenters. The molecule has 5 nitrogen and oxygen atoms in total. The van der Waals surface area contributed by atoms with E-state index in [0.717, 1.165) is 32.4 Å². The first kappa shape index (κ1) is 20.7. The molecule has 29 heavy (non-hydrogen) atoms. The van der Waals surface area contributed by atoms with E-state index in [1.165, 1.54) is 12.1 Å². The number of carbonyl (C=O) groups is 1. The molecule has 0 heterocycles. The zero-order valence-corrected chi connectivity index (χ0v) is 15.0. The predicted molar refractivity (Wildman–Crippen MR) is 89.7 cm³/mol. The second kappa shape index (κ2) is 7.76. The Labute approximate surface area is 161 Å². The molecule has 0 aliphatic heterocycles. The number of ether oxygens (including phenoxy) is 3. The first-order chi connectivity index (χ1) is 13.6. The van der Waals surface area contributed by atoms with Crippen LogP contribution in [0.4, 0.5) is 22.0 Å². The standard InChI is InChI=1S/C19H15F5O5/c1-27-17-13(8-7-12(16(17)21)29-19(22,23)24)28-11-6-5-10(9-3-2-4-9)15(20)14(11)18(25)26/h5-9H,2-4H2,1H3,(H,25,26). The minimum Gasteiger partial charge on any atom is -0.490 e. The molecule has 1 N–H and O–H groups in total. The van der Waals surface area contributed by atoms with Crippen LogP contribution >= 0.6 is 0 Å². The lowest BCUT2D eigenvalue weighted by Crippen LogP contribution is -2.18. The molecule has 10 heteroatoms. The van der Waals surface area contributed by atoms with Gasteiger partial charge in [-0.05, 0) is 42.5 Å². The van der Waals surface area contributed by atoms with Gasteiger partial charge >= 0.3 is 12.3 Å². The molecule has 1 aliphatic rings. The van der Waals surface area contributed by atoms with E-state index in [1.807, 2.05) is 0 Å². The van der Waals surface area contributed by atoms with Crippen molar-refractivity contribution in [2.75, 3.05) is 7.11 Å². The van der Waals surface area contributed by atoms with Gasteiger partial charge in [-0.1, -0.05) is 12.5 Å². The van der Waals surface area contributed by atoms with Crippen LogP contribution in [0.3, 0.4) is 0 Å². The zero-order chi connectivity index (χ0) is 21.3. The van der Waals surface area contributed by atoms with Gasteiger partial charge in [0.25, 0.3) is 0 Å². The number of hydrogen-bond acceptors (Lipinski definition) is 4. The number of alkyl halides is 3. The molecule has 0 bridgehead atoms. The summed E-state index contributed by atoms with van der Waals surface area (Å²) in [7, 11) is 0.973. The van der Waals surface area contributed by atoms with E-state index < -0.39 is 52.5 Å². The second-order valence-electron chi connectivity index (χ2n) is 6.33. The molecule has 0 atom stereocenters. The average Bonchev–Trinajstić information content (AvgIpc) is 2.57. The van der Waals surface area contributed by atoms with Crippen LogP contribution in [0.25, 0.3) is 0 Å². The van der Waals surface area contributed by atoms with E-state index in [4.69, 9.17) is 9.47 Å². The number of carboxylic acid groups (broad SMARTS) is 1. The summed E-state index contributed by atoms with van der Waals surface area (Å²) in [6.45, 7) is 0. The smallest absolute Gasteiger partial charge is 0.490 e. The number of aromatic carboxylic acids is 1. The Morgan fingerprint density at radius 1 is 1.03 bits per heavy atom. The van der Waals surface area contributed by atoms with Crippen molar-refractivity contribution in [3.63, 3.8) is 0 Å². The molecule has 2 aromatic rings. The monoisotopic (exact) mass is 418 g/mol. The molecule has 0 amide bonds. The van der Waals surface area contributed by atoms with Crippen molar-refractivity contribution < 1.29 is 46.1 Å². The van der Waals surface area contributed by atoms with Gasteiger partial charge in [0.15, 0.2) is 11.5 Å². The topological polar surface area (TPSA) is 65.0 Å². The normalized spacial score (nSPS) is 14.3. The van der Waals surface area contributed by atoms with Gasteiger partial charge in [0, 0.05) is 0 Å². The summed E-state index contributed by atoms with van der Waals surface area (Å²) in [5.41, 5.74) is -0.513. The molecular weight excluding hydrogens is 403 g/mol. The Kier molecular flexibility index (Phi) is 5.54. The molecular formula is C19H15F5O5. The van der Waals surface area contributed by atoms with E-state index in [0.29, 0.717) is 6.07 Å². The van der Waals surface area contributed by atoms with Crippen LogP contribution in [-0.4, -0.2) is 24.5 Å². The van der Waals surface area contributed by atoms with Crippen molar-refractivity contribution in [3.05, 3.63) is 47.0 Å². The molecule has 1 aliphatic carbocycles. The van der Waals surface area contributed by atoms with E-state index in [1.54, 1.807) is 0 Å². The van der Waals surface area contributed by atoms with E-state index in [9.17, 15) is 31.9 Å². The van der Waals surface area contributed by atoms with Gasteiger partial charge in [-0.15, -0.1) is 13.2 Å². The van der Waals surface area contributed by atoms with Crippen molar-refractivity contribution in [3.8, 4) is 23.0 Å². The molecule has 0 saturated heterocycles. The van der Waals surface area contributed by atoms with Gasteiger partial charge in [0.05, 0.1) is 7.11 Å². The lowest BCUT2D eigenvalue weighted by atomic mass is 9.79. The Morgan fingerprint density at radius 2 is 1.66 bits per heavy atom. The number of halogens is 5. The van der Waals surface area contributed by atoms with Crippen LogP contribution in [0.1, 0.15) is 41.1 Å². The molecule has 3 rings (SSSR count). The molecule has 156 valence electrons. The quantitative estimate of drug-likeness (QED) is 0.616. The summed E-state index contributed by atoms with van der Waals surface area (Å²) in [4.78, 5) is 11.6. The van der Waals surface area contributed by atoms with Crippen molar-refractivity contribution in [1.29, 1.82) is 0 Å². The Balaban J connectivity index is 2.00. The predicted octanol–water partition coefficient (Wildman–Crippen LogP) is 5.63. The van der Waals surface area contributed by atoms with Crippen molar-refractivity contribution in [2.45, 2.75) is 31.5 Å². The molecule has 0 spiro atoms. The third-order valence-electron chi connectivity index (χ3n) is 4.57. The maximum absolute atomic E-state index is 14.8. The van der Waals surface area contributed by atoms with Crippen molar-refractivity contribution in [2.24, 2.45) is 0 Å². The van der Waals surface area contributed by atoms with Gasteiger partial charge in [-0.3, -0.25) is 0 Å². The highest BCUT2D eigenvalue weighted by Gasteiger charge is 2.34. The summed E-state index contributed by atoms with van der Waals surface area (Å²) < 4.78 is 79.7. The van der Waals surface area contributed by atoms with E-state index in [2.05, 4.69) is 4.74 Å². The fourth-order valence-corrected chi connectivity index (χ4v) is 3.01. The first-order valence-corrected chi connectivity index (χ1v) is 8.48. The maximum atomic E-state index is 14.8.